The van der Waals surface area contributed by atoms with Crippen LogP contribution in [0.2, 0.25) is 0 Å². The lowest BCUT2D eigenvalue weighted by Gasteiger charge is -2.17. The molecule has 3 aromatic rings. The Balaban J connectivity index is 1.53. The van der Waals surface area contributed by atoms with Crippen LogP contribution in [0.3, 0.4) is 0 Å². The molecule has 0 unspecified atom stereocenters. The second-order valence-electron chi connectivity index (χ2n) is 6.41. The molecular formula is C22H19FN2O4. The van der Waals surface area contributed by atoms with Crippen LogP contribution >= 0.6 is 0 Å². The summed E-state index contributed by atoms with van der Waals surface area (Å²) < 4.78 is 18.0. The fourth-order valence-corrected chi connectivity index (χ4v) is 2.76. The van der Waals surface area contributed by atoms with Gasteiger partial charge in [0.2, 0.25) is 5.91 Å². The lowest BCUT2D eigenvalue weighted by Crippen LogP contribution is -2.37. The highest BCUT2D eigenvalue weighted by Crippen LogP contribution is 2.19. The summed E-state index contributed by atoms with van der Waals surface area (Å²) in [6.07, 6.45) is 0. The SMILES string of the molecule is CN(CC(=O)Nc1ccc(F)cc1)C(=O)COC(=O)c1cccc2ccccc12. The minimum absolute atomic E-state index is 0.234. The van der Waals surface area contributed by atoms with Crippen LogP contribution in [0.4, 0.5) is 10.1 Å². The van der Waals surface area contributed by atoms with E-state index >= 15 is 0 Å². The number of nitrogens with zero attached hydrogens (tertiary/aromatic N) is 1. The second-order valence-corrected chi connectivity index (χ2v) is 6.41. The second kappa shape index (κ2) is 8.97. The summed E-state index contributed by atoms with van der Waals surface area (Å²) in [5.41, 5.74) is 0.784. The Labute approximate surface area is 166 Å². The Hall–Kier alpha value is -3.74. The number of likely N-dealkylation sites (N-methyl/N-ethyl adjacent to an activating group) is 1. The van der Waals surface area contributed by atoms with Gasteiger partial charge in [-0.05, 0) is 41.1 Å². The zero-order chi connectivity index (χ0) is 20.8. The molecule has 29 heavy (non-hydrogen) atoms. The number of nitrogens with one attached hydrogen (secondary N) is 1. The number of carbonyl (C=O) groups is 3. The minimum atomic E-state index is -0.612. The number of hydrogen-bond donors (Lipinski definition) is 1. The first-order chi connectivity index (χ1) is 13.9. The van der Waals surface area contributed by atoms with Crippen LogP contribution in [0.25, 0.3) is 10.8 Å². The van der Waals surface area contributed by atoms with E-state index in [0.717, 1.165) is 15.7 Å². The number of rotatable bonds is 6. The maximum atomic E-state index is 12.9. The molecule has 3 aromatic carbocycles. The van der Waals surface area contributed by atoms with Gasteiger partial charge < -0.3 is 15.0 Å². The van der Waals surface area contributed by atoms with E-state index in [1.807, 2.05) is 24.3 Å². The average Bonchev–Trinajstić information content (AvgIpc) is 2.72. The van der Waals surface area contributed by atoms with Gasteiger partial charge in [-0.25, -0.2) is 9.18 Å². The van der Waals surface area contributed by atoms with Gasteiger partial charge in [0.1, 0.15) is 5.82 Å². The van der Waals surface area contributed by atoms with Crippen molar-refractivity contribution >= 4 is 34.2 Å². The van der Waals surface area contributed by atoms with E-state index in [1.165, 1.54) is 31.3 Å². The zero-order valence-electron chi connectivity index (χ0n) is 15.7. The molecule has 0 bridgehead atoms. The molecule has 2 amide bonds. The number of halogens is 1. The van der Waals surface area contributed by atoms with Gasteiger partial charge in [-0.15, -0.1) is 0 Å². The van der Waals surface area contributed by atoms with E-state index in [9.17, 15) is 18.8 Å². The van der Waals surface area contributed by atoms with E-state index in [4.69, 9.17) is 4.74 Å². The molecule has 0 heterocycles. The summed E-state index contributed by atoms with van der Waals surface area (Å²) in [6.45, 7) is -0.718. The van der Waals surface area contributed by atoms with Gasteiger partial charge in [0.15, 0.2) is 6.61 Å². The van der Waals surface area contributed by atoms with Gasteiger partial charge in [0.05, 0.1) is 12.1 Å². The molecule has 0 aliphatic rings. The first kappa shape index (κ1) is 20.0. The van der Waals surface area contributed by atoms with Crippen molar-refractivity contribution in [2.75, 3.05) is 25.5 Å². The number of benzene rings is 3. The monoisotopic (exact) mass is 394 g/mol. The maximum absolute atomic E-state index is 12.9. The molecule has 0 aliphatic carbocycles. The molecule has 148 valence electrons. The van der Waals surface area contributed by atoms with Crippen LogP contribution < -0.4 is 5.32 Å². The van der Waals surface area contributed by atoms with E-state index in [0.29, 0.717) is 11.3 Å². The molecule has 0 aromatic heterocycles. The van der Waals surface area contributed by atoms with E-state index < -0.39 is 30.2 Å². The summed E-state index contributed by atoms with van der Waals surface area (Å²) in [7, 11) is 1.43. The molecule has 1 N–H and O–H groups in total. The van der Waals surface area contributed by atoms with Gasteiger partial charge in [-0.1, -0.05) is 36.4 Å². The number of amides is 2. The third kappa shape index (κ3) is 5.16. The first-order valence-corrected chi connectivity index (χ1v) is 8.88. The van der Waals surface area contributed by atoms with E-state index in [1.54, 1.807) is 18.2 Å². The third-order valence-electron chi connectivity index (χ3n) is 4.27. The lowest BCUT2D eigenvalue weighted by molar-refractivity contribution is -0.136. The van der Waals surface area contributed by atoms with Crippen molar-refractivity contribution in [2.45, 2.75) is 0 Å². The van der Waals surface area contributed by atoms with Crippen molar-refractivity contribution in [2.24, 2.45) is 0 Å². The van der Waals surface area contributed by atoms with Crippen LogP contribution in [0, 0.1) is 5.82 Å². The predicted octanol–water partition coefficient (Wildman–Crippen LogP) is 3.23. The summed E-state index contributed by atoms with van der Waals surface area (Å²) in [5, 5.41) is 4.19. The molecule has 0 saturated heterocycles. The summed E-state index contributed by atoms with van der Waals surface area (Å²) >= 11 is 0. The molecule has 0 saturated carbocycles. The lowest BCUT2D eigenvalue weighted by atomic mass is 10.1. The predicted molar refractivity (Wildman–Crippen MR) is 107 cm³/mol. The summed E-state index contributed by atoms with van der Waals surface area (Å²) in [5.74, 6) is -2.00. The van der Waals surface area contributed by atoms with E-state index in [2.05, 4.69) is 5.32 Å². The van der Waals surface area contributed by atoms with Gasteiger partial charge >= 0.3 is 5.97 Å². The Kier molecular flexibility index (Phi) is 6.19. The van der Waals surface area contributed by atoms with Crippen molar-refractivity contribution < 1.29 is 23.5 Å². The van der Waals surface area contributed by atoms with Crippen molar-refractivity contribution in [1.29, 1.82) is 0 Å². The molecule has 0 aliphatic heterocycles. The number of fused-ring (bicyclic) bond motifs is 1. The van der Waals surface area contributed by atoms with Crippen molar-refractivity contribution in [3.63, 3.8) is 0 Å². The number of hydrogen-bond acceptors (Lipinski definition) is 4. The number of anilines is 1. The highest BCUT2D eigenvalue weighted by atomic mass is 19.1. The quantitative estimate of drug-likeness (QED) is 0.652. The Bertz CT molecular complexity index is 1040. The van der Waals surface area contributed by atoms with Crippen molar-refractivity contribution in [1.82, 2.24) is 4.90 Å². The highest BCUT2D eigenvalue weighted by molar-refractivity contribution is 6.05. The third-order valence-corrected chi connectivity index (χ3v) is 4.27. The molecule has 3 rings (SSSR count). The smallest absolute Gasteiger partial charge is 0.339 e. The fourth-order valence-electron chi connectivity index (χ4n) is 2.76. The fraction of sp³-hybridized carbons (Fsp3) is 0.136. The van der Waals surface area contributed by atoms with Gasteiger partial charge in [-0.3, -0.25) is 9.59 Å². The maximum Gasteiger partial charge on any atom is 0.339 e. The molecule has 0 fully saturated rings. The standard InChI is InChI=1S/C22H19FN2O4/c1-25(13-20(26)24-17-11-9-16(23)10-12-17)21(27)14-29-22(28)19-8-4-6-15-5-2-3-7-18(15)19/h2-12H,13-14H2,1H3,(H,24,26). The van der Waals surface area contributed by atoms with Gasteiger partial charge in [-0.2, -0.15) is 0 Å². The molecule has 6 nitrogen and oxygen atoms in total. The average molecular weight is 394 g/mol. The Morgan fingerprint density at radius 2 is 1.66 bits per heavy atom. The summed E-state index contributed by atoms with van der Waals surface area (Å²) in [6, 6.07) is 17.9. The minimum Gasteiger partial charge on any atom is -0.452 e. The molecule has 0 atom stereocenters. The first-order valence-electron chi connectivity index (χ1n) is 8.88. The van der Waals surface area contributed by atoms with E-state index in [-0.39, 0.29) is 6.54 Å². The topological polar surface area (TPSA) is 75.7 Å². The van der Waals surface area contributed by atoms with Gasteiger partial charge in [0, 0.05) is 12.7 Å². The van der Waals surface area contributed by atoms with Crippen LogP contribution in [0.15, 0.2) is 66.7 Å². The van der Waals surface area contributed by atoms with Crippen LogP contribution in [-0.4, -0.2) is 42.9 Å². The molecule has 0 spiro atoms. The summed E-state index contributed by atoms with van der Waals surface area (Å²) in [4.78, 5) is 37.7. The number of carbonyl (C=O) groups excluding carboxylic acids is 3. The Morgan fingerprint density at radius 3 is 2.41 bits per heavy atom. The van der Waals surface area contributed by atoms with Gasteiger partial charge in [0.25, 0.3) is 5.91 Å². The molecular weight excluding hydrogens is 375 g/mol. The van der Waals surface area contributed by atoms with Crippen LogP contribution in [0.5, 0.6) is 0 Å². The Morgan fingerprint density at radius 1 is 0.966 bits per heavy atom. The molecule has 0 radical (unpaired) electrons. The number of ether oxygens (including phenoxy) is 1. The highest BCUT2D eigenvalue weighted by Gasteiger charge is 2.17. The van der Waals surface area contributed by atoms with Crippen LogP contribution in [0.1, 0.15) is 10.4 Å². The molecule has 7 heteroatoms. The number of esters is 1. The normalized spacial score (nSPS) is 10.4. The zero-order valence-corrected chi connectivity index (χ0v) is 15.7. The largest absolute Gasteiger partial charge is 0.452 e. The van der Waals surface area contributed by atoms with Crippen molar-refractivity contribution in [3.05, 3.63) is 78.1 Å². The van der Waals surface area contributed by atoms with Crippen LogP contribution in [-0.2, 0) is 14.3 Å². The van der Waals surface area contributed by atoms with Crippen molar-refractivity contribution in [3.8, 4) is 0 Å².